The number of hydrogen-bond donors (Lipinski definition) is 1. The molecule has 0 radical (unpaired) electrons. The molecular weight excluding hydrogens is 346 g/mol. The van der Waals surface area contributed by atoms with Gasteiger partial charge in [-0.05, 0) is 36.8 Å². The number of para-hydroxylation sites is 1. The Hall–Kier alpha value is -2.15. The van der Waals surface area contributed by atoms with Gasteiger partial charge < -0.3 is 0 Å². The van der Waals surface area contributed by atoms with Gasteiger partial charge in [-0.2, -0.15) is 5.10 Å². The van der Waals surface area contributed by atoms with Gasteiger partial charge in [-0.25, -0.2) is 17.8 Å². The molecule has 0 saturated carbocycles. The Labute approximate surface area is 145 Å². The molecule has 0 unspecified atom stereocenters. The van der Waals surface area contributed by atoms with Crippen molar-refractivity contribution in [2.75, 3.05) is 0 Å². The molecule has 0 fully saturated rings. The Kier molecular flexibility index (Phi) is 4.71. The van der Waals surface area contributed by atoms with Crippen LogP contribution in [-0.2, 0) is 16.6 Å². The van der Waals surface area contributed by atoms with Crippen LogP contribution in [0.2, 0.25) is 5.02 Å². The van der Waals surface area contributed by atoms with Crippen LogP contribution in [0.25, 0.3) is 5.69 Å². The maximum atomic E-state index is 12.4. The molecule has 0 saturated heterocycles. The fourth-order valence-corrected chi connectivity index (χ4v) is 3.87. The van der Waals surface area contributed by atoms with E-state index >= 15 is 0 Å². The monoisotopic (exact) mass is 361 g/mol. The lowest BCUT2D eigenvalue weighted by Crippen LogP contribution is -2.23. The number of nitrogens with zero attached hydrogens (tertiary/aromatic N) is 2. The van der Waals surface area contributed by atoms with Gasteiger partial charge in [-0.3, -0.25) is 0 Å². The largest absolute Gasteiger partial charge is 0.242 e. The Morgan fingerprint density at radius 2 is 1.92 bits per heavy atom. The van der Waals surface area contributed by atoms with Crippen LogP contribution in [0.15, 0.2) is 65.8 Å². The van der Waals surface area contributed by atoms with Gasteiger partial charge in [0.25, 0.3) is 0 Å². The first-order valence-corrected chi connectivity index (χ1v) is 9.16. The molecular formula is C17H16ClN3O2S. The average molecular weight is 362 g/mol. The third-order valence-corrected chi connectivity index (χ3v) is 5.38. The van der Waals surface area contributed by atoms with Crippen LogP contribution in [0.3, 0.4) is 0 Å². The van der Waals surface area contributed by atoms with E-state index in [0.29, 0.717) is 0 Å². The molecule has 1 N–H and O–H groups in total. The van der Waals surface area contributed by atoms with Crippen molar-refractivity contribution in [3.05, 3.63) is 77.1 Å². The summed E-state index contributed by atoms with van der Waals surface area (Å²) in [5.74, 6) is 0. The van der Waals surface area contributed by atoms with Gasteiger partial charge >= 0.3 is 0 Å². The summed E-state index contributed by atoms with van der Waals surface area (Å²) in [4.78, 5) is 0.0743. The minimum atomic E-state index is -3.68. The number of aromatic nitrogens is 2. The van der Waals surface area contributed by atoms with Crippen molar-refractivity contribution in [3.63, 3.8) is 0 Å². The van der Waals surface area contributed by atoms with E-state index in [1.54, 1.807) is 29.2 Å². The third-order valence-electron chi connectivity index (χ3n) is 3.50. The number of nitrogens with one attached hydrogen (secondary N) is 1. The second kappa shape index (κ2) is 6.76. The van der Waals surface area contributed by atoms with Crippen molar-refractivity contribution in [3.8, 4) is 5.69 Å². The van der Waals surface area contributed by atoms with E-state index in [9.17, 15) is 8.42 Å². The van der Waals surface area contributed by atoms with Crippen molar-refractivity contribution < 1.29 is 8.42 Å². The summed E-state index contributed by atoms with van der Waals surface area (Å²) in [5, 5.41) is 4.46. The minimum absolute atomic E-state index is 0.0743. The lowest BCUT2D eigenvalue weighted by Gasteiger charge is -2.08. The average Bonchev–Trinajstić information content (AvgIpc) is 3.02. The molecule has 0 bridgehead atoms. The van der Waals surface area contributed by atoms with Gasteiger partial charge in [0, 0.05) is 18.3 Å². The normalized spacial score (nSPS) is 11.6. The molecule has 1 heterocycles. The van der Waals surface area contributed by atoms with Crippen molar-refractivity contribution in [2.45, 2.75) is 18.4 Å². The molecule has 0 atom stereocenters. The molecule has 7 heteroatoms. The van der Waals surface area contributed by atoms with Gasteiger partial charge in [-0.1, -0.05) is 35.9 Å². The Morgan fingerprint density at radius 1 is 1.17 bits per heavy atom. The summed E-state index contributed by atoms with van der Waals surface area (Å²) in [7, 11) is -3.68. The number of halogens is 1. The highest BCUT2D eigenvalue weighted by molar-refractivity contribution is 7.89. The molecule has 24 heavy (non-hydrogen) atoms. The van der Waals surface area contributed by atoms with Gasteiger partial charge in [-0.15, -0.1) is 0 Å². The lowest BCUT2D eigenvalue weighted by molar-refractivity contribution is 0.581. The van der Waals surface area contributed by atoms with E-state index in [-0.39, 0.29) is 16.5 Å². The van der Waals surface area contributed by atoms with Crippen molar-refractivity contribution in [1.29, 1.82) is 0 Å². The maximum Gasteiger partial charge on any atom is 0.242 e. The van der Waals surface area contributed by atoms with Gasteiger partial charge in [0.05, 0.1) is 16.9 Å². The first-order chi connectivity index (χ1) is 11.5. The highest BCUT2D eigenvalue weighted by Crippen LogP contribution is 2.22. The Balaban J connectivity index is 1.75. The standard InChI is InChI=1S/C17H16ClN3O2S/c1-13-7-8-17(16(18)9-13)24(22,23)20-11-14-10-19-21(12-14)15-5-3-2-4-6-15/h2-10,12,20H,11H2,1H3. The fraction of sp³-hybridized carbons (Fsp3) is 0.118. The SMILES string of the molecule is Cc1ccc(S(=O)(=O)NCc2cnn(-c3ccccc3)c2)c(Cl)c1. The van der Waals surface area contributed by atoms with Crippen LogP contribution >= 0.6 is 11.6 Å². The second-order valence-electron chi connectivity index (χ2n) is 5.39. The van der Waals surface area contributed by atoms with Crippen molar-refractivity contribution in [1.82, 2.24) is 14.5 Å². The van der Waals surface area contributed by atoms with E-state index < -0.39 is 10.0 Å². The van der Waals surface area contributed by atoms with Crippen LogP contribution in [0.5, 0.6) is 0 Å². The summed E-state index contributed by atoms with van der Waals surface area (Å²) in [6.45, 7) is 1.99. The summed E-state index contributed by atoms with van der Waals surface area (Å²) >= 11 is 6.04. The molecule has 0 aliphatic carbocycles. The maximum absolute atomic E-state index is 12.4. The fourth-order valence-electron chi connectivity index (χ4n) is 2.25. The first-order valence-electron chi connectivity index (χ1n) is 7.30. The second-order valence-corrected chi connectivity index (χ2v) is 7.53. The van der Waals surface area contributed by atoms with E-state index in [1.807, 2.05) is 37.3 Å². The molecule has 0 aliphatic rings. The molecule has 2 aromatic carbocycles. The minimum Gasteiger partial charge on any atom is -0.241 e. The highest BCUT2D eigenvalue weighted by Gasteiger charge is 2.17. The van der Waals surface area contributed by atoms with Crippen LogP contribution in [0, 0.1) is 6.92 Å². The summed E-state index contributed by atoms with van der Waals surface area (Å²) in [6, 6.07) is 14.5. The number of rotatable bonds is 5. The molecule has 0 aliphatic heterocycles. The van der Waals surface area contributed by atoms with Crippen LogP contribution < -0.4 is 4.72 Å². The summed E-state index contributed by atoms with van der Waals surface area (Å²) in [5.41, 5.74) is 2.57. The zero-order chi connectivity index (χ0) is 17.2. The molecule has 5 nitrogen and oxygen atoms in total. The lowest BCUT2D eigenvalue weighted by atomic mass is 10.2. The molecule has 124 valence electrons. The van der Waals surface area contributed by atoms with Crippen LogP contribution in [0.1, 0.15) is 11.1 Å². The predicted octanol–water partition coefficient (Wildman–Crippen LogP) is 3.31. The molecule has 0 amide bonds. The quantitative estimate of drug-likeness (QED) is 0.758. The molecule has 3 rings (SSSR count). The zero-order valence-electron chi connectivity index (χ0n) is 13.0. The molecule has 0 spiro atoms. The zero-order valence-corrected chi connectivity index (χ0v) is 14.6. The topological polar surface area (TPSA) is 64.0 Å². The van der Waals surface area contributed by atoms with Gasteiger partial charge in [0.15, 0.2) is 0 Å². The molecule has 1 aromatic heterocycles. The number of benzene rings is 2. The van der Waals surface area contributed by atoms with E-state index in [1.165, 1.54) is 6.07 Å². The smallest absolute Gasteiger partial charge is 0.241 e. The highest BCUT2D eigenvalue weighted by atomic mass is 35.5. The Bertz CT molecular complexity index is 953. The van der Waals surface area contributed by atoms with E-state index in [2.05, 4.69) is 9.82 Å². The van der Waals surface area contributed by atoms with Gasteiger partial charge in [0.2, 0.25) is 10.0 Å². The first kappa shape index (κ1) is 16.7. The van der Waals surface area contributed by atoms with E-state index in [0.717, 1.165) is 16.8 Å². The number of aryl methyl sites for hydroxylation is 1. The van der Waals surface area contributed by atoms with E-state index in [4.69, 9.17) is 11.6 Å². The van der Waals surface area contributed by atoms with Gasteiger partial charge in [0.1, 0.15) is 4.90 Å². The van der Waals surface area contributed by atoms with Crippen LogP contribution in [-0.4, -0.2) is 18.2 Å². The Morgan fingerprint density at radius 3 is 2.62 bits per heavy atom. The number of hydrogen-bond acceptors (Lipinski definition) is 3. The summed E-state index contributed by atoms with van der Waals surface area (Å²) < 4.78 is 29.0. The molecule has 3 aromatic rings. The van der Waals surface area contributed by atoms with Crippen LogP contribution in [0.4, 0.5) is 0 Å². The number of sulfonamides is 1. The third kappa shape index (κ3) is 3.67. The summed E-state index contributed by atoms with van der Waals surface area (Å²) in [6.07, 6.45) is 3.42. The van der Waals surface area contributed by atoms with Crippen molar-refractivity contribution >= 4 is 21.6 Å². The predicted molar refractivity (Wildman–Crippen MR) is 93.8 cm³/mol. The van der Waals surface area contributed by atoms with Crippen molar-refractivity contribution in [2.24, 2.45) is 0 Å².